The summed E-state index contributed by atoms with van der Waals surface area (Å²) >= 11 is 1.37. The average Bonchev–Trinajstić information content (AvgIpc) is 2.66. The fourth-order valence-corrected chi connectivity index (χ4v) is 2.35. The van der Waals surface area contributed by atoms with Crippen molar-refractivity contribution in [3.8, 4) is 0 Å². The van der Waals surface area contributed by atoms with E-state index in [0.29, 0.717) is 29.8 Å². The second kappa shape index (κ2) is 10.2. The Balaban J connectivity index is 1.88. The van der Waals surface area contributed by atoms with Gasteiger partial charge in [-0.2, -0.15) is 0 Å². The highest BCUT2D eigenvalue weighted by Crippen LogP contribution is 2.17. The highest BCUT2D eigenvalue weighted by atomic mass is 32.2. The number of urea groups is 1. The molecule has 2 aromatic rings. The van der Waals surface area contributed by atoms with Crippen LogP contribution in [0.1, 0.15) is 17.3 Å². The van der Waals surface area contributed by atoms with Crippen LogP contribution < -0.4 is 16.0 Å². The first-order valence-electron chi connectivity index (χ1n) is 8.06. The van der Waals surface area contributed by atoms with E-state index in [9.17, 15) is 9.59 Å². The van der Waals surface area contributed by atoms with Gasteiger partial charge in [-0.05, 0) is 25.3 Å². The molecule has 0 aliphatic heterocycles. The lowest BCUT2D eigenvalue weighted by Gasteiger charge is -2.12. The number of amides is 2. The summed E-state index contributed by atoms with van der Waals surface area (Å²) in [5, 5.41) is 9.03. The largest absolute Gasteiger partial charge is 0.462 e. The van der Waals surface area contributed by atoms with Crippen molar-refractivity contribution >= 4 is 35.3 Å². The van der Waals surface area contributed by atoms with Crippen LogP contribution in [0.5, 0.6) is 0 Å². The predicted molar refractivity (Wildman–Crippen MR) is 102 cm³/mol. The number of anilines is 2. The highest BCUT2D eigenvalue weighted by molar-refractivity contribution is 7.98. The number of nitrogens with one attached hydrogen (secondary N) is 3. The van der Waals surface area contributed by atoms with E-state index in [1.807, 2.05) is 24.5 Å². The molecule has 0 atom stereocenters. The first kappa shape index (κ1) is 19.5. The smallest absolute Gasteiger partial charge is 0.343 e. The first-order chi connectivity index (χ1) is 12.6. The van der Waals surface area contributed by atoms with E-state index in [2.05, 4.69) is 25.9 Å². The van der Waals surface area contributed by atoms with Crippen molar-refractivity contribution in [1.29, 1.82) is 0 Å². The van der Waals surface area contributed by atoms with Crippen LogP contribution in [0.4, 0.5) is 16.3 Å². The number of benzene rings is 1. The number of hydrogen-bond donors (Lipinski definition) is 3. The van der Waals surface area contributed by atoms with Crippen LogP contribution in [0.3, 0.4) is 0 Å². The molecule has 0 radical (unpaired) electrons. The molecule has 138 valence electrons. The second-order valence-corrected chi connectivity index (χ2v) is 5.79. The lowest BCUT2D eigenvalue weighted by atomic mass is 10.3. The molecule has 2 rings (SSSR count). The number of nitrogens with zero attached hydrogens (tertiary/aromatic N) is 2. The zero-order chi connectivity index (χ0) is 18.8. The van der Waals surface area contributed by atoms with Gasteiger partial charge < -0.3 is 20.7 Å². The predicted octanol–water partition coefficient (Wildman–Crippen LogP) is 2.61. The maximum Gasteiger partial charge on any atom is 0.343 e. The van der Waals surface area contributed by atoms with E-state index >= 15 is 0 Å². The molecule has 0 aliphatic carbocycles. The Morgan fingerprint density at radius 2 is 1.96 bits per heavy atom. The number of esters is 1. The van der Waals surface area contributed by atoms with Gasteiger partial charge in [0.2, 0.25) is 0 Å². The second-order valence-electron chi connectivity index (χ2n) is 5.01. The number of aromatic nitrogens is 2. The zero-order valence-electron chi connectivity index (χ0n) is 14.6. The monoisotopic (exact) mass is 375 g/mol. The lowest BCUT2D eigenvalue weighted by Crippen LogP contribution is -2.33. The standard InChI is InChI=1S/C17H21N5O3S/c1-3-25-15(23)13-11-20-17(26-2)22-14(13)18-9-10-19-16(24)21-12-7-5-4-6-8-12/h4-8,11H,3,9-10H2,1-2H3,(H,18,20,22)(H2,19,21,24). The van der Waals surface area contributed by atoms with Crippen LogP contribution >= 0.6 is 11.8 Å². The minimum absolute atomic E-state index is 0.262. The van der Waals surface area contributed by atoms with Crippen LogP contribution in [0.15, 0.2) is 41.7 Å². The average molecular weight is 375 g/mol. The molecule has 3 N–H and O–H groups in total. The minimum Gasteiger partial charge on any atom is -0.462 e. The number of carbonyl (C=O) groups is 2. The number of ether oxygens (including phenoxy) is 1. The van der Waals surface area contributed by atoms with Gasteiger partial charge in [-0.1, -0.05) is 30.0 Å². The fourth-order valence-electron chi connectivity index (χ4n) is 2.01. The van der Waals surface area contributed by atoms with E-state index < -0.39 is 5.97 Å². The summed E-state index contributed by atoms with van der Waals surface area (Å²) in [4.78, 5) is 32.2. The van der Waals surface area contributed by atoms with Crippen molar-refractivity contribution in [2.45, 2.75) is 12.1 Å². The van der Waals surface area contributed by atoms with E-state index in [-0.39, 0.29) is 18.2 Å². The van der Waals surface area contributed by atoms with Crippen molar-refractivity contribution in [2.75, 3.05) is 36.6 Å². The molecule has 0 spiro atoms. The highest BCUT2D eigenvalue weighted by Gasteiger charge is 2.15. The van der Waals surface area contributed by atoms with Crippen molar-refractivity contribution in [2.24, 2.45) is 0 Å². The summed E-state index contributed by atoms with van der Waals surface area (Å²) in [6.45, 7) is 2.74. The van der Waals surface area contributed by atoms with Gasteiger partial charge in [0.15, 0.2) is 5.16 Å². The summed E-state index contributed by atoms with van der Waals surface area (Å²) in [5.74, 6) is -0.106. The molecule has 0 aliphatic rings. The number of hydrogen-bond acceptors (Lipinski definition) is 7. The lowest BCUT2D eigenvalue weighted by molar-refractivity contribution is 0.0526. The van der Waals surface area contributed by atoms with E-state index in [1.54, 1.807) is 19.1 Å². The number of para-hydroxylation sites is 1. The topological polar surface area (TPSA) is 105 Å². The molecule has 8 nitrogen and oxygen atoms in total. The van der Waals surface area contributed by atoms with Gasteiger partial charge in [-0.15, -0.1) is 0 Å². The van der Waals surface area contributed by atoms with E-state index in [4.69, 9.17) is 4.74 Å². The van der Waals surface area contributed by atoms with Crippen molar-refractivity contribution in [1.82, 2.24) is 15.3 Å². The van der Waals surface area contributed by atoms with Gasteiger partial charge in [0.1, 0.15) is 11.4 Å². The Hall–Kier alpha value is -2.81. The number of carbonyl (C=O) groups excluding carboxylic acids is 2. The quantitative estimate of drug-likeness (QED) is 0.282. The van der Waals surface area contributed by atoms with Gasteiger partial charge in [0.25, 0.3) is 0 Å². The van der Waals surface area contributed by atoms with Crippen LogP contribution in [0.2, 0.25) is 0 Å². The van der Waals surface area contributed by atoms with Gasteiger partial charge in [-0.3, -0.25) is 0 Å². The molecular weight excluding hydrogens is 354 g/mol. The van der Waals surface area contributed by atoms with Gasteiger partial charge >= 0.3 is 12.0 Å². The Labute approximate surface area is 156 Å². The van der Waals surface area contributed by atoms with Crippen molar-refractivity contribution in [3.63, 3.8) is 0 Å². The molecule has 0 saturated carbocycles. The molecule has 1 aromatic heterocycles. The SMILES string of the molecule is CCOC(=O)c1cnc(SC)nc1NCCNC(=O)Nc1ccccc1. The van der Waals surface area contributed by atoms with Crippen molar-refractivity contribution in [3.05, 3.63) is 42.1 Å². The number of rotatable bonds is 8. The Kier molecular flexibility index (Phi) is 7.69. The Bertz CT molecular complexity index is 742. The maximum atomic E-state index is 12.0. The van der Waals surface area contributed by atoms with E-state index in [0.717, 1.165) is 0 Å². The molecule has 0 unspecified atom stereocenters. The van der Waals surface area contributed by atoms with Crippen LogP contribution in [-0.4, -0.2) is 47.9 Å². The molecule has 9 heteroatoms. The summed E-state index contributed by atoms with van der Waals surface area (Å²) in [6.07, 6.45) is 3.29. The molecule has 0 saturated heterocycles. The van der Waals surface area contributed by atoms with Gasteiger partial charge in [-0.25, -0.2) is 19.6 Å². The van der Waals surface area contributed by atoms with Gasteiger partial charge in [0.05, 0.1) is 6.61 Å². The molecule has 26 heavy (non-hydrogen) atoms. The summed E-state index contributed by atoms with van der Waals surface area (Å²) in [5.41, 5.74) is 0.973. The summed E-state index contributed by atoms with van der Waals surface area (Å²) in [7, 11) is 0. The first-order valence-corrected chi connectivity index (χ1v) is 9.28. The zero-order valence-corrected chi connectivity index (χ0v) is 15.4. The molecule has 2 amide bonds. The summed E-state index contributed by atoms with van der Waals surface area (Å²) in [6, 6.07) is 8.84. The Morgan fingerprint density at radius 3 is 2.65 bits per heavy atom. The third kappa shape index (κ3) is 5.92. The summed E-state index contributed by atoms with van der Waals surface area (Å²) < 4.78 is 5.01. The number of thioether (sulfide) groups is 1. The molecule has 0 fully saturated rings. The molecule has 1 aromatic carbocycles. The van der Waals surface area contributed by atoms with Gasteiger partial charge in [0, 0.05) is 25.0 Å². The van der Waals surface area contributed by atoms with Crippen LogP contribution in [0.25, 0.3) is 0 Å². The normalized spacial score (nSPS) is 10.1. The minimum atomic E-state index is -0.488. The van der Waals surface area contributed by atoms with E-state index in [1.165, 1.54) is 18.0 Å². The maximum absolute atomic E-state index is 12.0. The molecular formula is C17H21N5O3S. The molecule has 1 heterocycles. The molecule has 0 bridgehead atoms. The third-order valence-electron chi connectivity index (χ3n) is 3.18. The fraction of sp³-hybridized carbons (Fsp3) is 0.294. The van der Waals surface area contributed by atoms with Crippen LogP contribution in [0, 0.1) is 0 Å². The van der Waals surface area contributed by atoms with Crippen LogP contribution in [-0.2, 0) is 4.74 Å². The Morgan fingerprint density at radius 1 is 1.19 bits per heavy atom. The third-order valence-corrected chi connectivity index (χ3v) is 3.74. The van der Waals surface area contributed by atoms with Crippen molar-refractivity contribution < 1.29 is 14.3 Å².